The highest BCUT2D eigenvalue weighted by atomic mass is 19.1. The Balaban J connectivity index is 1.34. The topological polar surface area (TPSA) is 0 Å². The molecule has 0 unspecified atom stereocenters. The van der Waals surface area contributed by atoms with Gasteiger partial charge in [-0.2, -0.15) is 0 Å². The van der Waals surface area contributed by atoms with Gasteiger partial charge in [0.05, 0.1) is 0 Å². The fourth-order valence-electron chi connectivity index (χ4n) is 6.17. The van der Waals surface area contributed by atoms with E-state index in [0.29, 0.717) is 0 Å². The molecule has 1 aromatic rings. The number of rotatable bonds is 10. The molecule has 0 amide bonds. The van der Waals surface area contributed by atoms with Gasteiger partial charge in [0.25, 0.3) is 0 Å². The first-order valence-electron chi connectivity index (χ1n) is 13.0. The molecule has 0 radical (unpaired) electrons. The van der Waals surface area contributed by atoms with Crippen molar-refractivity contribution < 1.29 is 4.39 Å². The van der Waals surface area contributed by atoms with Gasteiger partial charge < -0.3 is 0 Å². The zero-order valence-electron chi connectivity index (χ0n) is 19.2. The Bertz CT molecular complexity index is 576. The number of aryl methyl sites for hydroxylation is 2. The molecule has 0 saturated heterocycles. The minimum absolute atomic E-state index is 0.0124. The van der Waals surface area contributed by atoms with Crippen LogP contribution in [0.25, 0.3) is 0 Å². The van der Waals surface area contributed by atoms with Crippen LogP contribution in [0, 0.1) is 29.5 Å². The van der Waals surface area contributed by atoms with Crippen molar-refractivity contribution in [3.05, 3.63) is 35.1 Å². The van der Waals surface area contributed by atoms with Gasteiger partial charge >= 0.3 is 0 Å². The smallest absolute Gasteiger partial charge is 0.126 e. The molecule has 0 N–H and O–H groups in total. The Morgan fingerprint density at radius 2 is 1.34 bits per heavy atom. The zero-order chi connectivity index (χ0) is 20.5. The standard InChI is InChI=1S/C28H45F/c1-3-5-6-8-22-11-16-25(17-12-22)26-18-13-23(14-19-26)9-10-24-15-20-27(7-4-2)28(29)21-24/h15,20-23,25-26H,3-14,16-19H2,1-2H3. The lowest BCUT2D eigenvalue weighted by atomic mass is 9.68. The van der Waals surface area contributed by atoms with E-state index in [1.165, 1.54) is 89.0 Å². The van der Waals surface area contributed by atoms with E-state index in [4.69, 9.17) is 0 Å². The normalized spacial score (nSPS) is 27.8. The van der Waals surface area contributed by atoms with E-state index in [-0.39, 0.29) is 5.82 Å². The quantitative estimate of drug-likeness (QED) is 0.344. The lowest BCUT2D eigenvalue weighted by Crippen LogP contribution is -2.26. The molecular formula is C28H45F. The molecule has 3 rings (SSSR count). The van der Waals surface area contributed by atoms with Crippen LogP contribution in [0.1, 0.15) is 115 Å². The lowest BCUT2D eigenvalue weighted by molar-refractivity contribution is 0.140. The third kappa shape index (κ3) is 7.11. The summed E-state index contributed by atoms with van der Waals surface area (Å²) in [6, 6.07) is 5.98. The van der Waals surface area contributed by atoms with Gasteiger partial charge in [0, 0.05) is 0 Å². The van der Waals surface area contributed by atoms with Gasteiger partial charge in [-0.1, -0.05) is 83.8 Å². The Hall–Kier alpha value is -0.850. The largest absolute Gasteiger partial charge is 0.207 e. The van der Waals surface area contributed by atoms with Crippen molar-refractivity contribution in [2.24, 2.45) is 23.7 Å². The second kappa shape index (κ2) is 12.1. The van der Waals surface area contributed by atoms with Crippen molar-refractivity contribution in [3.63, 3.8) is 0 Å². The maximum atomic E-state index is 14.2. The second-order valence-corrected chi connectivity index (χ2v) is 10.3. The molecule has 29 heavy (non-hydrogen) atoms. The van der Waals surface area contributed by atoms with Gasteiger partial charge in [0.1, 0.15) is 5.82 Å². The fraction of sp³-hybridized carbons (Fsp3) is 0.786. The van der Waals surface area contributed by atoms with Crippen molar-refractivity contribution in [2.45, 2.75) is 117 Å². The first-order valence-corrected chi connectivity index (χ1v) is 13.0. The summed E-state index contributed by atoms with van der Waals surface area (Å²) in [4.78, 5) is 0. The van der Waals surface area contributed by atoms with Crippen LogP contribution in [0.15, 0.2) is 18.2 Å². The van der Waals surface area contributed by atoms with E-state index >= 15 is 0 Å². The van der Waals surface area contributed by atoms with Crippen LogP contribution < -0.4 is 0 Å². The number of hydrogen-bond acceptors (Lipinski definition) is 0. The van der Waals surface area contributed by atoms with E-state index in [2.05, 4.69) is 19.9 Å². The highest BCUT2D eigenvalue weighted by molar-refractivity contribution is 5.24. The molecule has 0 nitrogen and oxygen atoms in total. The molecule has 2 aliphatic carbocycles. The Labute approximate surface area is 180 Å². The van der Waals surface area contributed by atoms with Gasteiger partial charge in [-0.3, -0.25) is 0 Å². The van der Waals surface area contributed by atoms with Crippen molar-refractivity contribution in [1.82, 2.24) is 0 Å². The minimum atomic E-state index is 0.0124. The molecule has 0 aliphatic heterocycles. The second-order valence-electron chi connectivity index (χ2n) is 10.3. The number of halogens is 1. The molecule has 164 valence electrons. The lowest BCUT2D eigenvalue weighted by Gasteiger charge is -2.38. The fourth-order valence-corrected chi connectivity index (χ4v) is 6.17. The van der Waals surface area contributed by atoms with E-state index in [1.54, 1.807) is 6.07 Å². The molecule has 0 bridgehead atoms. The van der Waals surface area contributed by atoms with Crippen LogP contribution >= 0.6 is 0 Å². The van der Waals surface area contributed by atoms with Crippen LogP contribution in [-0.2, 0) is 12.8 Å². The molecule has 1 aromatic carbocycles. The SMILES string of the molecule is CCCCCC1CCC(C2CCC(CCc3ccc(CCC)c(F)c3)CC2)CC1. The molecule has 1 heteroatoms. The van der Waals surface area contributed by atoms with Crippen LogP contribution in [0.3, 0.4) is 0 Å². The molecular weight excluding hydrogens is 355 g/mol. The summed E-state index contributed by atoms with van der Waals surface area (Å²) in [6.07, 6.45) is 21.7. The van der Waals surface area contributed by atoms with Gasteiger partial charge in [-0.25, -0.2) is 4.39 Å². The molecule has 0 atom stereocenters. The zero-order valence-corrected chi connectivity index (χ0v) is 19.2. The van der Waals surface area contributed by atoms with E-state index in [1.807, 2.05) is 6.07 Å². The summed E-state index contributed by atoms with van der Waals surface area (Å²) in [5.74, 6) is 3.96. The molecule has 0 heterocycles. The summed E-state index contributed by atoms with van der Waals surface area (Å²) < 4.78 is 14.2. The molecule has 2 aliphatic rings. The highest BCUT2D eigenvalue weighted by Crippen LogP contribution is 2.43. The predicted molar refractivity (Wildman–Crippen MR) is 124 cm³/mol. The monoisotopic (exact) mass is 400 g/mol. The third-order valence-electron chi connectivity index (χ3n) is 8.14. The summed E-state index contributed by atoms with van der Waals surface area (Å²) >= 11 is 0. The number of hydrogen-bond donors (Lipinski definition) is 0. The maximum absolute atomic E-state index is 14.2. The predicted octanol–water partition coefficient (Wildman–Crippen LogP) is 8.90. The van der Waals surface area contributed by atoms with Crippen LogP contribution in [-0.4, -0.2) is 0 Å². The molecule has 0 aromatic heterocycles. The summed E-state index contributed by atoms with van der Waals surface area (Å²) in [5.41, 5.74) is 2.09. The molecule has 2 saturated carbocycles. The minimum Gasteiger partial charge on any atom is -0.207 e. The van der Waals surface area contributed by atoms with Crippen molar-refractivity contribution in [3.8, 4) is 0 Å². The van der Waals surface area contributed by atoms with Gasteiger partial charge in [-0.05, 0) is 85.8 Å². The summed E-state index contributed by atoms with van der Waals surface area (Å²) in [5, 5.41) is 0. The van der Waals surface area contributed by atoms with Crippen molar-refractivity contribution in [2.75, 3.05) is 0 Å². The molecule has 2 fully saturated rings. The number of benzene rings is 1. The summed E-state index contributed by atoms with van der Waals surface area (Å²) in [7, 11) is 0. The Morgan fingerprint density at radius 1 is 0.724 bits per heavy atom. The van der Waals surface area contributed by atoms with Crippen molar-refractivity contribution in [1.29, 1.82) is 0 Å². The van der Waals surface area contributed by atoms with Crippen molar-refractivity contribution >= 4 is 0 Å². The third-order valence-corrected chi connectivity index (χ3v) is 8.14. The van der Waals surface area contributed by atoms with Gasteiger partial charge in [-0.15, -0.1) is 0 Å². The van der Waals surface area contributed by atoms with Gasteiger partial charge in [0.15, 0.2) is 0 Å². The highest BCUT2D eigenvalue weighted by Gasteiger charge is 2.30. The summed E-state index contributed by atoms with van der Waals surface area (Å²) in [6.45, 7) is 4.43. The van der Waals surface area contributed by atoms with Crippen LogP contribution in [0.5, 0.6) is 0 Å². The Kier molecular flexibility index (Phi) is 9.53. The van der Waals surface area contributed by atoms with Crippen LogP contribution in [0.2, 0.25) is 0 Å². The van der Waals surface area contributed by atoms with E-state index < -0.39 is 0 Å². The average molecular weight is 401 g/mol. The van der Waals surface area contributed by atoms with Gasteiger partial charge in [0.2, 0.25) is 0 Å². The Morgan fingerprint density at radius 3 is 1.90 bits per heavy atom. The van der Waals surface area contributed by atoms with E-state index in [9.17, 15) is 4.39 Å². The number of unbranched alkanes of at least 4 members (excludes halogenated alkanes) is 2. The first kappa shape index (κ1) is 22.8. The maximum Gasteiger partial charge on any atom is 0.126 e. The first-order chi connectivity index (χ1) is 14.2. The van der Waals surface area contributed by atoms with E-state index in [0.717, 1.165) is 48.5 Å². The molecule has 0 spiro atoms. The average Bonchev–Trinajstić information content (AvgIpc) is 2.75. The van der Waals surface area contributed by atoms with Crippen LogP contribution in [0.4, 0.5) is 4.39 Å².